The number of ether oxygens (including phenoxy) is 4. The van der Waals surface area contributed by atoms with Gasteiger partial charge in [0.25, 0.3) is 0 Å². The molecule has 0 unspecified atom stereocenters. The molecule has 0 aromatic heterocycles. The molecule has 0 fully saturated rings. The minimum Gasteiger partial charge on any atom is -0.454 e. The van der Waals surface area contributed by atoms with E-state index in [-0.39, 0.29) is 0 Å². The Morgan fingerprint density at radius 3 is 1.70 bits per heavy atom. The fourth-order valence-corrected chi connectivity index (χ4v) is 1.12. The van der Waals surface area contributed by atoms with Crippen LogP contribution in [0.1, 0.15) is 0 Å². The maximum absolute atomic E-state index is 11.5. The van der Waals surface area contributed by atoms with Crippen molar-refractivity contribution < 1.29 is 38.1 Å². The molecule has 9 heteroatoms. The predicted octanol–water partition coefficient (Wildman–Crippen LogP) is 0.226. The van der Waals surface area contributed by atoms with Gasteiger partial charge in [0.05, 0.1) is 0 Å². The van der Waals surface area contributed by atoms with Gasteiger partial charge in [-0.1, -0.05) is 19.7 Å². The number of carbonyl (C=O) groups excluding carboxylic acids is 4. The Morgan fingerprint density at radius 1 is 0.870 bits per heavy atom. The van der Waals surface area contributed by atoms with E-state index in [0.717, 1.165) is 18.2 Å². The highest BCUT2D eigenvalue weighted by Crippen LogP contribution is 2.17. The summed E-state index contributed by atoms with van der Waals surface area (Å²) in [5, 5.41) is 2.14. The lowest BCUT2D eigenvalue weighted by molar-refractivity contribution is -0.249. The zero-order valence-electron chi connectivity index (χ0n) is 12.5. The Kier molecular flexibility index (Phi) is 8.45. The van der Waals surface area contributed by atoms with E-state index >= 15 is 0 Å². The first-order valence-electron chi connectivity index (χ1n) is 6.17. The number of hydrogen-bond donors (Lipinski definition) is 1. The first-order valence-corrected chi connectivity index (χ1v) is 6.17. The molecule has 0 aromatic rings. The molecular weight excluding hydrogens is 310 g/mol. The van der Waals surface area contributed by atoms with Crippen LogP contribution in [0.15, 0.2) is 38.0 Å². The highest BCUT2D eigenvalue weighted by Gasteiger charge is 2.41. The number of alkyl carbamates (subject to hydrolysis) is 1. The molecule has 0 heterocycles. The Hall–Kier alpha value is -3.10. The van der Waals surface area contributed by atoms with Crippen LogP contribution in [0.4, 0.5) is 4.79 Å². The van der Waals surface area contributed by atoms with Crippen molar-refractivity contribution >= 4 is 24.0 Å². The van der Waals surface area contributed by atoms with Crippen LogP contribution in [-0.4, -0.2) is 50.0 Å². The SMILES string of the molecule is C=CC(=O)OCC(COC(=O)NC)(OC(=O)C=C)OC(=O)C=C. The van der Waals surface area contributed by atoms with Crippen molar-refractivity contribution in [2.75, 3.05) is 20.3 Å². The minimum absolute atomic E-state index is 0.740. The third-order valence-corrected chi connectivity index (χ3v) is 2.13. The maximum Gasteiger partial charge on any atom is 0.407 e. The van der Waals surface area contributed by atoms with Gasteiger partial charge in [0.15, 0.2) is 13.2 Å². The first-order chi connectivity index (χ1) is 10.8. The van der Waals surface area contributed by atoms with E-state index in [0.29, 0.717) is 0 Å². The van der Waals surface area contributed by atoms with Crippen LogP contribution in [0.2, 0.25) is 0 Å². The zero-order valence-corrected chi connectivity index (χ0v) is 12.5. The lowest BCUT2D eigenvalue weighted by Crippen LogP contribution is -2.49. The Bertz CT molecular complexity index is 489. The van der Waals surface area contributed by atoms with Gasteiger partial charge in [0, 0.05) is 25.3 Å². The fourth-order valence-electron chi connectivity index (χ4n) is 1.12. The standard InChI is InChI=1S/C14H17NO8/c1-5-10(16)20-8-14(22-11(17)6-2,23-12(18)7-3)9-21-13(19)15-4/h5-7H,1-3,8-9H2,4H3,(H,15,19). The molecule has 0 aliphatic rings. The normalized spacial score (nSPS) is 9.78. The molecule has 0 atom stereocenters. The van der Waals surface area contributed by atoms with Gasteiger partial charge >= 0.3 is 29.8 Å². The Labute approximate surface area is 132 Å². The first kappa shape index (κ1) is 19.9. The van der Waals surface area contributed by atoms with Crippen LogP contribution in [-0.2, 0) is 33.3 Å². The number of nitrogens with one attached hydrogen (secondary N) is 1. The average molecular weight is 327 g/mol. The Balaban J connectivity index is 5.41. The van der Waals surface area contributed by atoms with Crippen LogP contribution >= 0.6 is 0 Å². The van der Waals surface area contributed by atoms with Gasteiger partial charge in [-0.05, 0) is 0 Å². The zero-order chi connectivity index (χ0) is 17.9. The Morgan fingerprint density at radius 2 is 1.30 bits per heavy atom. The van der Waals surface area contributed by atoms with Crippen LogP contribution in [0.5, 0.6) is 0 Å². The monoisotopic (exact) mass is 327 g/mol. The number of carbonyl (C=O) groups is 4. The van der Waals surface area contributed by atoms with Gasteiger partial charge in [0.1, 0.15) is 0 Å². The van der Waals surface area contributed by atoms with Gasteiger partial charge in [-0.2, -0.15) is 0 Å². The van der Waals surface area contributed by atoms with E-state index in [1.807, 2.05) is 0 Å². The summed E-state index contributed by atoms with van der Waals surface area (Å²) in [4.78, 5) is 45.3. The minimum atomic E-state index is -2.21. The summed E-state index contributed by atoms with van der Waals surface area (Å²) in [6.45, 7) is 8.08. The average Bonchev–Trinajstić information content (AvgIpc) is 2.56. The highest BCUT2D eigenvalue weighted by atomic mass is 16.8. The van der Waals surface area contributed by atoms with E-state index in [1.54, 1.807) is 0 Å². The topological polar surface area (TPSA) is 117 Å². The second-order valence-electron chi connectivity index (χ2n) is 3.80. The van der Waals surface area contributed by atoms with Crippen LogP contribution in [0.3, 0.4) is 0 Å². The van der Waals surface area contributed by atoms with Gasteiger partial charge in [-0.25, -0.2) is 19.2 Å². The summed E-state index contributed by atoms with van der Waals surface area (Å²) in [6, 6.07) is 0. The quantitative estimate of drug-likeness (QED) is 0.277. The van der Waals surface area contributed by atoms with E-state index in [4.69, 9.17) is 18.9 Å². The molecule has 0 radical (unpaired) electrons. The molecule has 0 saturated carbocycles. The van der Waals surface area contributed by atoms with Crippen LogP contribution in [0.25, 0.3) is 0 Å². The summed E-state index contributed by atoms with van der Waals surface area (Å²) in [5.41, 5.74) is 0. The third kappa shape index (κ3) is 7.46. The third-order valence-electron chi connectivity index (χ3n) is 2.13. The van der Waals surface area contributed by atoms with Gasteiger partial charge < -0.3 is 24.3 Å². The molecule has 0 rings (SSSR count). The van der Waals surface area contributed by atoms with Crippen LogP contribution in [0, 0.1) is 0 Å². The van der Waals surface area contributed by atoms with Gasteiger partial charge in [-0.3, -0.25) is 0 Å². The number of amides is 1. The molecule has 0 spiro atoms. The number of hydrogen-bond acceptors (Lipinski definition) is 8. The number of rotatable bonds is 9. The van der Waals surface area contributed by atoms with E-state index in [2.05, 4.69) is 25.1 Å². The second kappa shape index (κ2) is 9.77. The van der Waals surface area contributed by atoms with Crippen molar-refractivity contribution in [2.24, 2.45) is 0 Å². The molecule has 0 saturated heterocycles. The molecule has 0 aliphatic heterocycles. The molecular formula is C14H17NO8. The molecule has 0 aliphatic carbocycles. The van der Waals surface area contributed by atoms with Crippen molar-refractivity contribution in [3.05, 3.63) is 38.0 Å². The second-order valence-corrected chi connectivity index (χ2v) is 3.80. The number of esters is 3. The van der Waals surface area contributed by atoms with E-state index in [1.165, 1.54) is 7.05 Å². The lowest BCUT2D eigenvalue weighted by Gasteiger charge is -2.30. The van der Waals surface area contributed by atoms with Crippen molar-refractivity contribution in [1.29, 1.82) is 0 Å². The van der Waals surface area contributed by atoms with E-state index < -0.39 is 43.0 Å². The largest absolute Gasteiger partial charge is 0.454 e. The summed E-state index contributed by atoms with van der Waals surface area (Å²) in [5.74, 6) is -5.09. The van der Waals surface area contributed by atoms with Gasteiger partial charge in [0.2, 0.25) is 0 Å². The molecule has 23 heavy (non-hydrogen) atoms. The van der Waals surface area contributed by atoms with Crippen LogP contribution < -0.4 is 5.32 Å². The van der Waals surface area contributed by atoms with E-state index in [9.17, 15) is 19.2 Å². The highest BCUT2D eigenvalue weighted by molar-refractivity contribution is 5.84. The molecule has 126 valence electrons. The van der Waals surface area contributed by atoms with Crippen molar-refractivity contribution in [2.45, 2.75) is 5.79 Å². The van der Waals surface area contributed by atoms with Crippen molar-refractivity contribution in [3.63, 3.8) is 0 Å². The lowest BCUT2D eigenvalue weighted by atomic mass is 10.3. The van der Waals surface area contributed by atoms with Crippen molar-refractivity contribution in [3.8, 4) is 0 Å². The summed E-state index contributed by atoms with van der Waals surface area (Å²) in [6.07, 6.45) is 1.51. The molecule has 0 bridgehead atoms. The summed E-state index contributed by atoms with van der Waals surface area (Å²) >= 11 is 0. The molecule has 9 nitrogen and oxygen atoms in total. The van der Waals surface area contributed by atoms with Crippen molar-refractivity contribution in [1.82, 2.24) is 5.32 Å². The smallest absolute Gasteiger partial charge is 0.407 e. The maximum atomic E-state index is 11.5. The summed E-state index contributed by atoms with van der Waals surface area (Å²) in [7, 11) is 1.28. The fraction of sp³-hybridized carbons (Fsp3) is 0.286. The molecule has 0 aromatic carbocycles. The van der Waals surface area contributed by atoms with Gasteiger partial charge in [-0.15, -0.1) is 0 Å². The molecule has 1 N–H and O–H groups in total. The predicted molar refractivity (Wildman–Crippen MR) is 76.9 cm³/mol. The summed E-state index contributed by atoms with van der Waals surface area (Å²) < 4.78 is 19.2. The molecule has 1 amide bonds.